The second-order valence-corrected chi connectivity index (χ2v) is 13.6. The van der Waals surface area contributed by atoms with Crippen LogP contribution >= 0.6 is 0 Å². The summed E-state index contributed by atoms with van der Waals surface area (Å²) in [6.45, 7) is -0.289. The summed E-state index contributed by atoms with van der Waals surface area (Å²) in [6.07, 6.45) is -1.83. The van der Waals surface area contributed by atoms with Gasteiger partial charge in [0.25, 0.3) is 0 Å². The fraction of sp³-hybridized carbons (Fsp3) is 0.233. The number of carbonyl (C=O) groups is 3. The summed E-state index contributed by atoms with van der Waals surface area (Å²) in [5, 5.41) is 26.7. The molecule has 5 aromatic rings. The largest absolute Gasteiger partial charge is 0.491 e. The molecule has 0 unspecified atom stereocenters. The third-order valence-electron chi connectivity index (χ3n) is 10.7. The molecule has 3 heterocycles. The summed E-state index contributed by atoms with van der Waals surface area (Å²) < 4.78 is 12.3. The van der Waals surface area contributed by atoms with E-state index in [2.05, 4.69) is 10.6 Å². The molecule has 10 heteroatoms. The lowest BCUT2D eigenvalue weighted by molar-refractivity contribution is -0.178. The van der Waals surface area contributed by atoms with Crippen LogP contribution in [0.5, 0.6) is 5.75 Å². The van der Waals surface area contributed by atoms with Crippen LogP contribution in [0.25, 0.3) is 0 Å². The van der Waals surface area contributed by atoms with E-state index in [4.69, 9.17) is 9.47 Å². The number of para-hydroxylation sites is 1. The first-order valence-electron chi connectivity index (χ1n) is 17.8. The van der Waals surface area contributed by atoms with Crippen molar-refractivity contribution in [2.45, 2.75) is 35.7 Å². The lowest BCUT2D eigenvalue weighted by Crippen LogP contribution is -2.55. The van der Waals surface area contributed by atoms with Crippen molar-refractivity contribution in [3.63, 3.8) is 0 Å². The highest BCUT2D eigenvalue weighted by molar-refractivity contribution is 6.12. The molecule has 7 atom stereocenters. The average molecular weight is 710 g/mol. The highest BCUT2D eigenvalue weighted by Gasteiger charge is 2.74. The number of carbonyl (C=O) groups excluding carboxylic acids is 3. The van der Waals surface area contributed by atoms with Gasteiger partial charge in [-0.3, -0.25) is 19.3 Å². The minimum Gasteiger partial charge on any atom is -0.491 e. The zero-order valence-corrected chi connectivity index (χ0v) is 28.7. The number of hydrogen-bond acceptors (Lipinski definition) is 8. The van der Waals surface area contributed by atoms with Crippen molar-refractivity contribution in [1.29, 1.82) is 0 Å². The number of aliphatic hydroxyl groups excluding tert-OH is 2. The lowest BCUT2D eigenvalue weighted by atomic mass is 9.65. The molecule has 2 amide bonds. The highest BCUT2D eigenvalue weighted by atomic mass is 16.6. The van der Waals surface area contributed by atoms with Gasteiger partial charge in [0.05, 0.1) is 30.7 Å². The number of nitrogens with one attached hydrogen (secondary N) is 2. The van der Waals surface area contributed by atoms with Crippen molar-refractivity contribution in [3.05, 3.63) is 167 Å². The SMILES string of the molecule is O=C1O[C@H](c2ccccc2)[C@H](c2ccccc2)N2[C@H]1[C@@H](C(=O)NC[C@H](O)c1ccccc1)[C@]1(C(=O)Nc3ccccc31)[C@H]2c1cccc(OCCO)c1. The van der Waals surface area contributed by atoms with Crippen LogP contribution in [0.4, 0.5) is 5.69 Å². The maximum absolute atomic E-state index is 15.0. The molecule has 0 bridgehead atoms. The molecule has 3 aliphatic heterocycles. The number of cyclic esters (lactones) is 1. The Labute approximate surface area is 307 Å². The molecule has 268 valence electrons. The van der Waals surface area contributed by atoms with Crippen molar-refractivity contribution in [3.8, 4) is 5.75 Å². The molecule has 8 rings (SSSR count). The predicted molar refractivity (Wildman–Crippen MR) is 196 cm³/mol. The summed E-state index contributed by atoms with van der Waals surface area (Å²) in [6, 6.07) is 39.9. The van der Waals surface area contributed by atoms with E-state index in [1.807, 2.05) is 108 Å². The van der Waals surface area contributed by atoms with Gasteiger partial charge in [0.2, 0.25) is 11.8 Å². The van der Waals surface area contributed by atoms with Gasteiger partial charge in [-0.25, -0.2) is 0 Å². The second-order valence-electron chi connectivity index (χ2n) is 13.6. The van der Waals surface area contributed by atoms with Gasteiger partial charge in [0.15, 0.2) is 0 Å². The normalized spacial score (nSPS) is 25.2. The fourth-order valence-corrected chi connectivity index (χ4v) is 8.59. The first-order chi connectivity index (χ1) is 25.9. The van der Waals surface area contributed by atoms with E-state index in [-0.39, 0.29) is 19.8 Å². The smallest absolute Gasteiger partial charge is 0.324 e. The topological polar surface area (TPSA) is 137 Å². The molecule has 3 aliphatic rings. The van der Waals surface area contributed by atoms with Crippen LogP contribution in [-0.2, 0) is 24.5 Å². The van der Waals surface area contributed by atoms with Gasteiger partial charge in [-0.1, -0.05) is 121 Å². The molecular formula is C43H39N3O7. The molecule has 10 nitrogen and oxygen atoms in total. The van der Waals surface area contributed by atoms with E-state index in [0.717, 1.165) is 11.1 Å². The molecular weight excluding hydrogens is 670 g/mol. The van der Waals surface area contributed by atoms with E-state index in [1.165, 1.54) is 0 Å². The van der Waals surface area contributed by atoms with E-state index >= 15 is 4.79 Å². The number of hydrogen-bond donors (Lipinski definition) is 4. The first kappa shape index (κ1) is 34.3. The number of fused-ring (bicyclic) bond motifs is 3. The Morgan fingerprint density at radius 2 is 1.45 bits per heavy atom. The van der Waals surface area contributed by atoms with Crippen molar-refractivity contribution < 1.29 is 34.1 Å². The highest BCUT2D eigenvalue weighted by Crippen LogP contribution is 2.64. The van der Waals surface area contributed by atoms with E-state index < -0.39 is 59.5 Å². The van der Waals surface area contributed by atoms with Gasteiger partial charge in [0.1, 0.15) is 29.9 Å². The van der Waals surface area contributed by atoms with Crippen LogP contribution in [0.3, 0.4) is 0 Å². The summed E-state index contributed by atoms with van der Waals surface area (Å²) in [5.74, 6) is -2.47. The van der Waals surface area contributed by atoms with Crippen molar-refractivity contribution in [2.75, 3.05) is 25.1 Å². The van der Waals surface area contributed by atoms with Gasteiger partial charge in [-0.05, 0) is 46.0 Å². The molecule has 0 aliphatic carbocycles. The molecule has 1 spiro atoms. The Kier molecular flexibility index (Phi) is 9.26. The fourth-order valence-electron chi connectivity index (χ4n) is 8.59. The Hall–Kier alpha value is -5.81. The van der Waals surface area contributed by atoms with Crippen LogP contribution in [0, 0.1) is 5.92 Å². The van der Waals surface area contributed by atoms with Crippen molar-refractivity contribution in [1.82, 2.24) is 10.2 Å². The molecule has 0 aromatic heterocycles. The van der Waals surface area contributed by atoms with Gasteiger partial charge in [-0.15, -0.1) is 0 Å². The standard InChI is InChI=1S/C43H39N3O7/c47-23-24-52-31-20-12-19-30(25-31)39-43(32-21-10-11-22-33(32)45-42(43)51)35(40(49)44-26-34(48)27-13-4-1-5-14-27)37-41(50)53-38(29-17-8-3-9-18-29)36(46(37)39)28-15-6-2-7-16-28/h1-22,25,34-39,47-48H,23-24,26H2,(H,44,49)(H,45,51)/t34-,35-,36-,37-,38+,39+,43-/m0/s1. The molecule has 2 saturated heterocycles. The van der Waals surface area contributed by atoms with Gasteiger partial charge in [0, 0.05) is 12.2 Å². The Bertz CT molecular complexity index is 2110. The van der Waals surface area contributed by atoms with E-state index in [9.17, 15) is 19.8 Å². The van der Waals surface area contributed by atoms with Gasteiger partial charge < -0.3 is 30.3 Å². The van der Waals surface area contributed by atoms with Crippen LogP contribution in [0.2, 0.25) is 0 Å². The average Bonchev–Trinajstić information content (AvgIpc) is 3.69. The minimum atomic E-state index is -1.64. The maximum atomic E-state index is 15.0. The lowest BCUT2D eigenvalue weighted by Gasteiger charge is -2.46. The summed E-state index contributed by atoms with van der Waals surface area (Å²) in [7, 11) is 0. The third kappa shape index (κ3) is 5.85. The number of nitrogens with zero attached hydrogens (tertiary/aromatic N) is 1. The number of ether oxygens (including phenoxy) is 2. The third-order valence-corrected chi connectivity index (χ3v) is 10.7. The zero-order valence-electron chi connectivity index (χ0n) is 28.7. The number of aliphatic hydroxyl groups is 2. The molecule has 53 heavy (non-hydrogen) atoms. The van der Waals surface area contributed by atoms with Gasteiger partial charge >= 0.3 is 5.97 Å². The molecule has 0 saturated carbocycles. The molecule has 2 fully saturated rings. The number of amides is 2. The summed E-state index contributed by atoms with van der Waals surface area (Å²) >= 11 is 0. The van der Waals surface area contributed by atoms with Crippen LogP contribution in [0.1, 0.15) is 52.1 Å². The number of benzene rings is 5. The van der Waals surface area contributed by atoms with Crippen LogP contribution in [0.15, 0.2) is 140 Å². The Morgan fingerprint density at radius 3 is 2.17 bits per heavy atom. The first-order valence-corrected chi connectivity index (χ1v) is 17.8. The predicted octanol–water partition coefficient (Wildman–Crippen LogP) is 5.18. The quantitative estimate of drug-likeness (QED) is 0.146. The zero-order chi connectivity index (χ0) is 36.5. The summed E-state index contributed by atoms with van der Waals surface area (Å²) in [5.41, 5.74) is 2.32. The molecule has 5 aromatic carbocycles. The van der Waals surface area contributed by atoms with E-state index in [0.29, 0.717) is 28.1 Å². The second kappa shape index (κ2) is 14.3. The monoisotopic (exact) mass is 709 g/mol. The number of morpholine rings is 1. The van der Waals surface area contributed by atoms with Crippen LogP contribution < -0.4 is 15.4 Å². The number of esters is 1. The van der Waals surface area contributed by atoms with Crippen molar-refractivity contribution >= 4 is 23.5 Å². The van der Waals surface area contributed by atoms with Crippen LogP contribution in [-0.4, -0.2) is 58.7 Å². The number of anilines is 1. The minimum absolute atomic E-state index is 0.0543. The molecule has 0 radical (unpaired) electrons. The van der Waals surface area contributed by atoms with Crippen molar-refractivity contribution in [2.24, 2.45) is 5.92 Å². The maximum Gasteiger partial charge on any atom is 0.324 e. The van der Waals surface area contributed by atoms with E-state index in [1.54, 1.807) is 36.4 Å². The van der Waals surface area contributed by atoms with Gasteiger partial charge in [-0.2, -0.15) is 0 Å². The Morgan fingerprint density at radius 1 is 0.811 bits per heavy atom. The molecule has 4 N–H and O–H groups in total. The number of rotatable bonds is 10. The summed E-state index contributed by atoms with van der Waals surface area (Å²) in [4.78, 5) is 46.8. The Balaban J connectivity index is 1.36.